The normalized spacial score (nSPS) is 15.8. The van der Waals surface area contributed by atoms with Crippen LogP contribution in [-0.4, -0.2) is 62.8 Å². The molecule has 11 heteroatoms. The lowest BCUT2D eigenvalue weighted by Crippen LogP contribution is -2.41. The number of carboxylic acids is 2. The van der Waals surface area contributed by atoms with E-state index in [9.17, 15) is 24.6 Å². The summed E-state index contributed by atoms with van der Waals surface area (Å²) in [7, 11) is 1.87. The number of nitrogens with zero attached hydrogens (tertiary/aromatic N) is 3. The smallest absolute Gasteiger partial charge is 0.326 e. The van der Waals surface area contributed by atoms with Gasteiger partial charge in [-0.25, -0.2) is 4.79 Å². The maximum Gasteiger partial charge on any atom is 0.326 e. The molecule has 1 amide bonds. The van der Waals surface area contributed by atoms with Crippen LogP contribution in [0.3, 0.4) is 0 Å². The van der Waals surface area contributed by atoms with Crippen LogP contribution in [0, 0.1) is 0 Å². The largest absolute Gasteiger partial charge is 0.493 e. The van der Waals surface area contributed by atoms with Crippen LogP contribution in [0.4, 0.5) is 11.8 Å². The zero-order chi connectivity index (χ0) is 23.4. The number of carboxylic acid groups (broad SMARTS) is 2. The van der Waals surface area contributed by atoms with Gasteiger partial charge in [0, 0.05) is 31.5 Å². The van der Waals surface area contributed by atoms with Crippen LogP contribution in [0.1, 0.15) is 46.7 Å². The van der Waals surface area contributed by atoms with Gasteiger partial charge in [0.15, 0.2) is 0 Å². The molecule has 0 radical (unpaired) electrons. The third kappa shape index (κ3) is 5.23. The van der Waals surface area contributed by atoms with Crippen molar-refractivity contribution in [3.05, 3.63) is 41.0 Å². The molecule has 1 aliphatic rings. The van der Waals surface area contributed by atoms with Crippen molar-refractivity contribution in [3.63, 3.8) is 0 Å². The molecule has 1 aliphatic heterocycles. The lowest BCUT2D eigenvalue weighted by molar-refractivity contribution is -0.140. The van der Waals surface area contributed by atoms with Gasteiger partial charge in [0.25, 0.3) is 5.91 Å². The Labute approximate surface area is 183 Å². The fraction of sp³-hybridized carbons (Fsp3) is 0.381. The Kier molecular flexibility index (Phi) is 6.76. The first-order valence-electron chi connectivity index (χ1n) is 10.1. The van der Waals surface area contributed by atoms with E-state index in [4.69, 9.17) is 10.8 Å². The topological polar surface area (TPSA) is 179 Å². The minimum absolute atomic E-state index is 0.0238. The number of hydrogen-bond donors (Lipinski definition) is 5. The van der Waals surface area contributed by atoms with Gasteiger partial charge in [-0.05, 0) is 37.0 Å². The van der Waals surface area contributed by atoms with E-state index in [0.717, 1.165) is 12.0 Å². The summed E-state index contributed by atoms with van der Waals surface area (Å²) in [5, 5.41) is 30.4. The second-order valence-corrected chi connectivity index (χ2v) is 7.75. The van der Waals surface area contributed by atoms with Gasteiger partial charge >= 0.3 is 11.9 Å². The summed E-state index contributed by atoms with van der Waals surface area (Å²) in [4.78, 5) is 44.2. The SMILES string of the molecule is CN1CC(CCc2ccc(C(=O)N[C@@H](CCC(=O)O)C(=O)O)cc2)c2c(O)nc(N)nc21. The molecule has 0 aliphatic carbocycles. The van der Waals surface area contributed by atoms with Crippen molar-refractivity contribution in [2.45, 2.75) is 37.6 Å². The number of aromatic hydroxyl groups is 1. The van der Waals surface area contributed by atoms with Crippen molar-refractivity contribution < 1.29 is 29.7 Å². The second-order valence-electron chi connectivity index (χ2n) is 7.75. The van der Waals surface area contributed by atoms with Crippen LogP contribution in [-0.2, 0) is 16.0 Å². The minimum atomic E-state index is -1.29. The number of hydrogen-bond acceptors (Lipinski definition) is 8. The fourth-order valence-corrected chi connectivity index (χ4v) is 3.79. The van der Waals surface area contributed by atoms with Gasteiger partial charge in [0.05, 0.1) is 5.56 Å². The molecule has 1 aromatic heterocycles. The average molecular weight is 443 g/mol. The quantitative estimate of drug-likeness (QED) is 0.375. The predicted octanol–water partition coefficient (Wildman–Crippen LogP) is 0.978. The molecular weight excluding hydrogens is 418 g/mol. The van der Waals surface area contributed by atoms with Gasteiger partial charge in [-0.15, -0.1) is 0 Å². The van der Waals surface area contributed by atoms with E-state index < -0.39 is 23.9 Å². The van der Waals surface area contributed by atoms with E-state index in [1.807, 2.05) is 11.9 Å². The maximum atomic E-state index is 12.3. The third-order valence-corrected chi connectivity index (χ3v) is 5.43. The minimum Gasteiger partial charge on any atom is -0.493 e. The number of fused-ring (bicyclic) bond motifs is 1. The zero-order valence-corrected chi connectivity index (χ0v) is 17.5. The molecule has 3 rings (SSSR count). The number of nitrogen functional groups attached to an aromatic ring is 1. The second kappa shape index (κ2) is 9.50. The molecule has 1 unspecified atom stereocenters. The number of aryl methyl sites for hydroxylation is 1. The highest BCUT2D eigenvalue weighted by Gasteiger charge is 2.32. The first-order chi connectivity index (χ1) is 15.2. The highest BCUT2D eigenvalue weighted by Crippen LogP contribution is 2.41. The Bertz CT molecular complexity index is 1030. The molecule has 2 atom stereocenters. The molecule has 2 heterocycles. The summed E-state index contributed by atoms with van der Waals surface area (Å²) in [5.74, 6) is -2.42. The highest BCUT2D eigenvalue weighted by atomic mass is 16.4. The Morgan fingerprint density at radius 1 is 1.22 bits per heavy atom. The molecule has 32 heavy (non-hydrogen) atoms. The number of carbonyl (C=O) groups excluding carboxylic acids is 1. The van der Waals surface area contributed by atoms with Crippen LogP contribution in [0.15, 0.2) is 24.3 Å². The molecule has 0 saturated carbocycles. The number of nitrogens with two attached hydrogens (primary N) is 1. The number of carbonyl (C=O) groups is 3. The molecule has 0 bridgehead atoms. The van der Waals surface area contributed by atoms with Crippen LogP contribution in [0.2, 0.25) is 0 Å². The summed E-state index contributed by atoms with van der Waals surface area (Å²) in [6.45, 7) is 0.675. The van der Waals surface area contributed by atoms with E-state index in [1.54, 1.807) is 24.3 Å². The van der Waals surface area contributed by atoms with Crippen molar-refractivity contribution in [2.75, 3.05) is 24.2 Å². The van der Waals surface area contributed by atoms with E-state index in [-0.39, 0.29) is 36.2 Å². The van der Waals surface area contributed by atoms with Crippen molar-refractivity contribution in [1.82, 2.24) is 15.3 Å². The number of nitrogens with one attached hydrogen (secondary N) is 1. The number of aromatic nitrogens is 2. The van der Waals surface area contributed by atoms with Crippen molar-refractivity contribution >= 4 is 29.6 Å². The van der Waals surface area contributed by atoms with Gasteiger partial charge in [-0.3, -0.25) is 9.59 Å². The maximum absolute atomic E-state index is 12.3. The van der Waals surface area contributed by atoms with Crippen LogP contribution in [0.5, 0.6) is 5.88 Å². The summed E-state index contributed by atoms with van der Waals surface area (Å²) in [6.07, 6.45) is 0.844. The molecule has 170 valence electrons. The Balaban J connectivity index is 1.60. The Morgan fingerprint density at radius 3 is 2.53 bits per heavy atom. The Hall–Kier alpha value is -3.89. The van der Waals surface area contributed by atoms with Gasteiger partial charge in [0.2, 0.25) is 11.8 Å². The zero-order valence-electron chi connectivity index (χ0n) is 17.5. The van der Waals surface area contributed by atoms with Crippen molar-refractivity contribution in [2.24, 2.45) is 0 Å². The van der Waals surface area contributed by atoms with Gasteiger partial charge in [-0.2, -0.15) is 9.97 Å². The standard InChI is InChI=1S/C21H25N5O6/c1-26-10-13(16-17(26)24-21(22)25-19(16)30)7-4-11-2-5-12(6-3-11)18(29)23-14(20(31)32)8-9-15(27)28/h2-3,5-6,13-14H,4,7-10H2,1H3,(H,23,29)(H,27,28)(H,31,32)(H3,22,24,25,30)/t13?,14-/m0/s1. The lowest BCUT2D eigenvalue weighted by atomic mass is 9.95. The number of aliphatic carboxylic acids is 2. The molecular formula is C21H25N5O6. The van der Waals surface area contributed by atoms with E-state index in [1.165, 1.54) is 0 Å². The summed E-state index contributed by atoms with van der Waals surface area (Å²) < 4.78 is 0. The molecule has 0 saturated heterocycles. The number of rotatable bonds is 9. The van der Waals surface area contributed by atoms with Crippen LogP contribution < -0.4 is 16.0 Å². The molecule has 6 N–H and O–H groups in total. The molecule has 11 nitrogen and oxygen atoms in total. The first-order valence-corrected chi connectivity index (χ1v) is 10.1. The first kappa shape index (κ1) is 22.8. The molecule has 0 fully saturated rings. The third-order valence-electron chi connectivity index (χ3n) is 5.43. The number of anilines is 2. The van der Waals surface area contributed by atoms with Crippen LogP contribution >= 0.6 is 0 Å². The number of benzene rings is 1. The van der Waals surface area contributed by atoms with Crippen LogP contribution in [0.25, 0.3) is 0 Å². The lowest BCUT2D eigenvalue weighted by Gasteiger charge is -2.14. The molecule has 0 spiro atoms. The van der Waals surface area contributed by atoms with E-state index >= 15 is 0 Å². The molecule has 2 aromatic rings. The summed E-state index contributed by atoms with van der Waals surface area (Å²) in [5.41, 5.74) is 7.55. The van der Waals surface area contributed by atoms with Gasteiger partial charge in [-0.1, -0.05) is 12.1 Å². The fourth-order valence-electron chi connectivity index (χ4n) is 3.79. The molecule has 1 aromatic carbocycles. The summed E-state index contributed by atoms with van der Waals surface area (Å²) in [6, 6.07) is 5.47. The number of likely N-dealkylation sites (N-methyl/N-ethyl adjacent to an activating group) is 1. The van der Waals surface area contributed by atoms with E-state index in [0.29, 0.717) is 24.3 Å². The van der Waals surface area contributed by atoms with Crippen molar-refractivity contribution in [1.29, 1.82) is 0 Å². The Morgan fingerprint density at radius 2 is 1.91 bits per heavy atom. The average Bonchev–Trinajstić information content (AvgIpc) is 3.05. The highest BCUT2D eigenvalue weighted by molar-refractivity contribution is 5.96. The van der Waals surface area contributed by atoms with E-state index in [2.05, 4.69) is 15.3 Å². The van der Waals surface area contributed by atoms with Gasteiger partial charge < -0.3 is 31.3 Å². The monoisotopic (exact) mass is 443 g/mol. The van der Waals surface area contributed by atoms with Crippen molar-refractivity contribution in [3.8, 4) is 5.88 Å². The predicted molar refractivity (Wildman–Crippen MR) is 115 cm³/mol. The number of amides is 1. The van der Waals surface area contributed by atoms with Gasteiger partial charge in [0.1, 0.15) is 11.9 Å². The summed E-state index contributed by atoms with van der Waals surface area (Å²) >= 11 is 0.